The molecule has 0 unspecified atom stereocenters. The van der Waals surface area contributed by atoms with Crippen LogP contribution in [-0.2, 0) is 21.1 Å². The quantitative estimate of drug-likeness (QED) is 0.790. The van der Waals surface area contributed by atoms with Crippen LogP contribution in [0.1, 0.15) is 24.0 Å². The summed E-state index contributed by atoms with van der Waals surface area (Å²) in [4.78, 5) is 12.6. The van der Waals surface area contributed by atoms with Crippen LogP contribution >= 0.6 is 0 Å². The van der Waals surface area contributed by atoms with Crippen LogP contribution in [0.3, 0.4) is 0 Å². The summed E-state index contributed by atoms with van der Waals surface area (Å²) < 4.78 is 28.4. The number of methoxy groups -OCH3 is 1. The second kappa shape index (κ2) is 7.53. The van der Waals surface area contributed by atoms with E-state index in [2.05, 4.69) is 10.6 Å². The molecule has 0 bridgehead atoms. The van der Waals surface area contributed by atoms with Crippen LogP contribution in [0.15, 0.2) is 18.2 Å². The number of piperidine rings is 1. The highest BCUT2D eigenvalue weighted by Crippen LogP contribution is 2.28. The van der Waals surface area contributed by atoms with E-state index in [1.165, 1.54) is 0 Å². The summed E-state index contributed by atoms with van der Waals surface area (Å²) in [6, 6.07) is 5.90. The summed E-state index contributed by atoms with van der Waals surface area (Å²) >= 11 is 0. The highest BCUT2D eigenvalue weighted by Gasteiger charge is 2.48. The number of benzene rings is 1. The van der Waals surface area contributed by atoms with Crippen molar-refractivity contribution < 1.29 is 17.9 Å². The smallest absolute Gasteiger partial charge is 0.241 e. The van der Waals surface area contributed by atoms with E-state index in [4.69, 9.17) is 4.74 Å². The molecule has 1 aliphatic rings. The Hall–Kier alpha value is -1.60. The van der Waals surface area contributed by atoms with Gasteiger partial charge in [-0.2, -0.15) is 0 Å². The molecular formula is C17H26N2O4S. The summed E-state index contributed by atoms with van der Waals surface area (Å²) in [5.74, 6) is 0.426. The van der Waals surface area contributed by atoms with Crippen LogP contribution < -0.4 is 15.4 Å². The van der Waals surface area contributed by atoms with Gasteiger partial charge in [-0.05, 0) is 56.5 Å². The van der Waals surface area contributed by atoms with Crippen molar-refractivity contribution in [2.75, 3.05) is 33.0 Å². The molecule has 1 aromatic carbocycles. The molecule has 0 saturated carbocycles. The maximum atomic E-state index is 12.6. The molecule has 0 atom stereocenters. The number of hydrogen-bond donors (Lipinski definition) is 2. The molecule has 1 amide bonds. The molecule has 134 valence electrons. The van der Waals surface area contributed by atoms with Gasteiger partial charge in [0, 0.05) is 12.8 Å². The van der Waals surface area contributed by atoms with Crippen molar-refractivity contribution >= 4 is 15.7 Å². The van der Waals surface area contributed by atoms with Gasteiger partial charge in [-0.3, -0.25) is 4.79 Å². The lowest BCUT2D eigenvalue weighted by Crippen LogP contribution is -2.57. The second-order valence-corrected chi connectivity index (χ2v) is 8.65. The SMILES string of the molecule is COc1cc(CCNC(=O)C2(S(C)(=O)=O)CCNCC2)ccc1C. The first-order chi connectivity index (χ1) is 11.3. The lowest BCUT2D eigenvalue weighted by atomic mass is 9.95. The third-order valence-corrected chi connectivity index (χ3v) is 6.72. The number of aryl methyl sites for hydroxylation is 1. The fraction of sp³-hybridized carbons (Fsp3) is 0.588. The van der Waals surface area contributed by atoms with Crippen LogP contribution in [0.25, 0.3) is 0 Å². The number of ether oxygens (including phenoxy) is 1. The first-order valence-corrected chi connectivity index (χ1v) is 10.0. The Kier molecular flexibility index (Phi) is 5.87. The molecule has 2 rings (SSSR count). The van der Waals surface area contributed by atoms with Crippen molar-refractivity contribution in [2.45, 2.75) is 30.9 Å². The van der Waals surface area contributed by atoms with Crippen LogP contribution in [0.2, 0.25) is 0 Å². The molecule has 2 N–H and O–H groups in total. The molecule has 0 radical (unpaired) electrons. The van der Waals surface area contributed by atoms with Crippen molar-refractivity contribution in [2.24, 2.45) is 0 Å². The van der Waals surface area contributed by atoms with E-state index in [1.807, 2.05) is 25.1 Å². The standard InChI is InChI=1S/C17H26N2O4S/c1-13-4-5-14(12-15(13)23-2)6-9-19-16(20)17(24(3,21)22)7-10-18-11-8-17/h4-5,12,18H,6-11H2,1-3H3,(H,19,20). The molecule has 1 aromatic rings. The highest BCUT2D eigenvalue weighted by atomic mass is 32.2. The summed E-state index contributed by atoms with van der Waals surface area (Å²) in [7, 11) is -1.84. The number of carbonyl (C=O) groups is 1. The molecule has 1 fully saturated rings. The number of carbonyl (C=O) groups excluding carboxylic acids is 1. The Morgan fingerprint density at radius 1 is 1.33 bits per heavy atom. The van der Waals surface area contributed by atoms with Gasteiger partial charge in [-0.1, -0.05) is 12.1 Å². The normalized spacial score (nSPS) is 17.3. The maximum Gasteiger partial charge on any atom is 0.241 e. The van der Waals surface area contributed by atoms with Gasteiger partial charge in [0.05, 0.1) is 7.11 Å². The Morgan fingerprint density at radius 2 is 2.00 bits per heavy atom. The predicted octanol–water partition coefficient (Wildman–Crippen LogP) is 0.829. The Balaban J connectivity index is 2.01. The Bertz CT molecular complexity index is 695. The minimum Gasteiger partial charge on any atom is -0.496 e. The average molecular weight is 354 g/mol. The number of amides is 1. The van der Waals surface area contributed by atoms with E-state index in [0.29, 0.717) is 38.9 Å². The van der Waals surface area contributed by atoms with E-state index in [9.17, 15) is 13.2 Å². The van der Waals surface area contributed by atoms with Gasteiger partial charge in [-0.15, -0.1) is 0 Å². The van der Waals surface area contributed by atoms with Crippen LogP contribution in [0, 0.1) is 6.92 Å². The minimum atomic E-state index is -3.47. The number of nitrogens with one attached hydrogen (secondary N) is 2. The van der Waals surface area contributed by atoms with Gasteiger partial charge < -0.3 is 15.4 Å². The number of rotatable bonds is 6. The van der Waals surface area contributed by atoms with Gasteiger partial charge in [0.15, 0.2) is 14.6 Å². The van der Waals surface area contributed by atoms with Crippen molar-refractivity contribution in [3.63, 3.8) is 0 Å². The number of sulfone groups is 1. The molecule has 0 aliphatic carbocycles. The molecule has 24 heavy (non-hydrogen) atoms. The summed E-state index contributed by atoms with van der Waals surface area (Å²) in [5.41, 5.74) is 2.09. The highest BCUT2D eigenvalue weighted by molar-refractivity contribution is 7.92. The van der Waals surface area contributed by atoms with E-state index < -0.39 is 14.6 Å². The van der Waals surface area contributed by atoms with E-state index in [0.717, 1.165) is 23.1 Å². The predicted molar refractivity (Wildman–Crippen MR) is 94.1 cm³/mol. The van der Waals surface area contributed by atoms with E-state index >= 15 is 0 Å². The molecule has 1 heterocycles. The van der Waals surface area contributed by atoms with Crippen LogP contribution in [0.4, 0.5) is 0 Å². The van der Waals surface area contributed by atoms with Crippen molar-refractivity contribution in [1.29, 1.82) is 0 Å². The fourth-order valence-electron chi connectivity index (χ4n) is 3.10. The van der Waals surface area contributed by atoms with Gasteiger partial charge in [0.25, 0.3) is 0 Å². The molecule has 1 aliphatic heterocycles. The summed E-state index contributed by atoms with van der Waals surface area (Å²) in [5, 5.41) is 5.92. The molecule has 7 heteroatoms. The van der Waals surface area contributed by atoms with Crippen molar-refractivity contribution in [3.8, 4) is 5.75 Å². The minimum absolute atomic E-state index is 0.315. The first-order valence-electron chi connectivity index (χ1n) is 8.12. The Morgan fingerprint density at radius 3 is 2.58 bits per heavy atom. The van der Waals surface area contributed by atoms with Gasteiger partial charge in [0.2, 0.25) is 5.91 Å². The monoisotopic (exact) mass is 354 g/mol. The van der Waals surface area contributed by atoms with Gasteiger partial charge >= 0.3 is 0 Å². The topological polar surface area (TPSA) is 84.5 Å². The Labute approximate surface area is 143 Å². The lowest BCUT2D eigenvalue weighted by molar-refractivity contribution is -0.124. The largest absolute Gasteiger partial charge is 0.496 e. The van der Waals surface area contributed by atoms with E-state index in [-0.39, 0.29) is 5.91 Å². The van der Waals surface area contributed by atoms with E-state index in [1.54, 1.807) is 7.11 Å². The second-order valence-electron chi connectivity index (χ2n) is 6.33. The average Bonchev–Trinajstić information content (AvgIpc) is 2.55. The molecular weight excluding hydrogens is 328 g/mol. The van der Waals surface area contributed by atoms with Gasteiger partial charge in [0.1, 0.15) is 5.75 Å². The third kappa shape index (κ3) is 3.89. The van der Waals surface area contributed by atoms with Gasteiger partial charge in [-0.25, -0.2) is 8.42 Å². The third-order valence-electron chi connectivity index (χ3n) is 4.71. The molecule has 1 saturated heterocycles. The van der Waals surface area contributed by atoms with Crippen LogP contribution in [0.5, 0.6) is 5.75 Å². The zero-order chi connectivity index (χ0) is 17.8. The first kappa shape index (κ1) is 18.7. The zero-order valence-corrected chi connectivity index (χ0v) is 15.3. The summed E-state index contributed by atoms with van der Waals surface area (Å²) in [6.07, 6.45) is 2.41. The fourth-order valence-corrected chi connectivity index (χ4v) is 4.45. The zero-order valence-electron chi connectivity index (χ0n) is 14.5. The maximum absolute atomic E-state index is 12.6. The lowest BCUT2D eigenvalue weighted by Gasteiger charge is -2.34. The molecule has 0 spiro atoms. The number of hydrogen-bond acceptors (Lipinski definition) is 5. The van der Waals surface area contributed by atoms with Crippen molar-refractivity contribution in [3.05, 3.63) is 29.3 Å². The molecule has 6 nitrogen and oxygen atoms in total. The van der Waals surface area contributed by atoms with Crippen molar-refractivity contribution in [1.82, 2.24) is 10.6 Å². The molecule has 0 aromatic heterocycles. The van der Waals surface area contributed by atoms with Crippen LogP contribution in [-0.4, -0.2) is 52.1 Å². The summed E-state index contributed by atoms with van der Waals surface area (Å²) in [6.45, 7) is 3.44.